The summed E-state index contributed by atoms with van der Waals surface area (Å²) >= 11 is 0. The number of aromatic nitrogens is 1. The van der Waals surface area contributed by atoms with E-state index in [4.69, 9.17) is 14.7 Å². The van der Waals surface area contributed by atoms with E-state index in [1.54, 1.807) is 0 Å². The Balaban J connectivity index is 1.91. The van der Waals surface area contributed by atoms with Gasteiger partial charge in [0.1, 0.15) is 17.5 Å². The molecule has 0 saturated carbocycles. The molecule has 3 nitrogen and oxygen atoms in total. The van der Waals surface area contributed by atoms with Crippen LogP contribution in [-0.4, -0.2) is 4.98 Å². The first kappa shape index (κ1) is 25.6. The number of ether oxygens (including phenoxy) is 1. The molecular formula is C36H38N2O. The minimum absolute atomic E-state index is 0.0598. The highest BCUT2D eigenvalue weighted by atomic mass is 16.5. The number of benzene rings is 4. The Morgan fingerprint density at radius 3 is 1.92 bits per heavy atom. The molecule has 39 heavy (non-hydrogen) atoms. The summed E-state index contributed by atoms with van der Waals surface area (Å²) in [6, 6.07) is 21.8. The van der Waals surface area contributed by atoms with Crippen molar-refractivity contribution in [1.82, 2.24) is 4.98 Å². The summed E-state index contributed by atoms with van der Waals surface area (Å²) in [5, 5.41) is 4.31. The van der Waals surface area contributed by atoms with Crippen molar-refractivity contribution in [2.45, 2.75) is 79.2 Å². The SMILES string of the molecule is Cc1c2c3c(c4ccccc4c(=Nc4c(C(C)C)cccc4C(C)C)c-3nc3c(C(C)C)cccc13)OC2C. The van der Waals surface area contributed by atoms with Crippen LogP contribution in [0.3, 0.4) is 0 Å². The normalized spacial score (nSPS) is 15.5. The third-order valence-corrected chi connectivity index (χ3v) is 8.37. The van der Waals surface area contributed by atoms with E-state index in [-0.39, 0.29) is 6.10 Å². The minimum Gasteiger partial charge on any atom is -0.485 e. The molecule has 0 fully saturated rings. The van der Waals surface area contributed by atoms with Gasteiger partial charge in [-0.2, -0.15) is 0 Å². The first-order valence-electron chi connectivity index (χ1n) is 14.3. The maximum absolute atomic E-state index is 6.63. The number of para-hydroxylation sites is 2. The molecule has 2 aliphatic heterocycles. The topological polar surface area (TPSA) is 34.5 Å². The van der Waals surface area contributed by atoms with Crippen LogP contribution in [0.5, 0.6) is 5.75 Å². The quantitative estimate of drug-likeness (QED) is 0.239. The number of rotatable bonds is 4. The number of aryl methyl sites for hydroxylation is 1. The average Bonchev–Trinajstić information content (AvgIpc) is 3.19. The summed E-state index contributed by atoms with van der Waals surface area (Å²) in [6.45, 7) is 17.9. The molecule has 1 atom stereocenters. The van der Waals surface area contributed by atoms with Gasteiger partial charge < -0.3 is 4.74 Å². The second-order valence-corrected chi connectivity index (χ2v) is 12.0. The van der Waals surface area contributed by atoms with Crippen molar-refractivity contribution >= 4 is 27.4 Å². The second-order valence-electron chi connectivity index (χ2n) is 12.0. The van der Waals surface area contributed by atoms with Crippen LogP contribution in [0.15, 0.2) is 65.7 Å². The van der Waals surface area contributed by atoms with Crippen LogP contribution in [0.1, 0.15) is 100 Å². The lowest BCUT2D eigenvalue weighted by atomic mass is 9.92. The monoisotopic (exact) mass is 514 g/mol. The highest BCUT2D eigenvalue weighted by molar-refractivity contribution is 6.01. The second kappa shape index (κ2) is 9.48. The van der Waals surface area contributed by atoms with Gasteiger partial charge in [0.15, 0.2) is 0 Å². The first-order valence-corrected chi connectivity index (χ1v) is 14.3. The van der Waals surface area contributed by atoms with Crippen molar-refractivity contribution in [2.75, 3.05) is 0 Å². The van der Waals surface area contributed by atoms with Crippen molar-refractivity contribution in [2.24, 2.45) is 4.99 Å². The van der Waals surface area contributed by atoms with Gasteiger partial charge in [-0.3, -0.25) is 0 Å². The van der Waals surface area contributed by atoms with Gasteiger partial charge in [0, 0.05) is 21.7 Å². The molecule has 0 saturated heterocycles. The van der Waals surface area contributed by atoms with E-state index in [0.717, 1.165) is 44.3 Å². The molecule has 3 aliphatic rings. The highest BCUT2D eigenvalue weighted by Gasteiger charge is 2.33. The Morgan fingerprint density at radius 2 is 1.28 bits per heavy atom. The molecule has 6 rings (SSSR count). The van der Waals surface area contributed by atoms with Gasteiger partial charge in [-0.05, 0) is 53.9 Å². The number of fused-ring (bicyclic) bond motifs is 3. The lowest BCUT2D eigenvalue weighted by Crippen LogP contribution is -2.11. The van der Waals surface area contributed by atoms with Crippen LogP contribution in [0.4, 0.5) is 5.69 Å². The number of hydrogen-bond donors (Lipinski definition) is 0. The van der Waals surface area contributed by atoms with Gasteiger partial charge in [-0.25, -0.2) is 9.98 Å². The zero-order valence-electron chi connectivity index (χ0n) is 24.4. The molecule has 0 spiro atoms. The first-order chi connectivity index (χ1) is 18.7. The standard InChI is InChI=1S/C36H38N2O/c1-19(2)24-15-11-16-25(20(3)4)32(24)37-34-28-13-9-10-14-29(28)36-31-30(23(8)39-36)22(7)27-18-12-17-26(21(5)6)33(27)38-35(31)34/h9-21,23H,1-8H3. The van der Waals surface area contributed by atoms with Gasteiger partial charge in [-0.1, -0.05) is 102 Å². The molecule has 0 amide bonds. The number of hydrogen-bond acceptors (Lipinski definition) is 3. The van der Waals surface area contributed by atoms with E-state index < -0.39 is 0 Å². The van der Waals surface area contributed by atoms with E-state index in [9.17, 15) is 0 Å². The molecule has 3 aromatic rings. The van der Waals surface area contributed by atoms with Gasteiger partial charge in [0.2, 0.25) is 0 Å². The molecule has 0 radical (unpaired) electrons. The maximum Gasteiger partial charge on any atom is 0.138 e. The number of nitrogens with zero attached hydrogens (tertiary/aromatic N) is 2. The predicted molar refractivity (Wildman–Crippen MR) is 164 cm³/mol. The Kier molecular flexibility index (Phi) is 6.21. The molecule has 0 bridgehead atoms. The van der Waals surface area contributed by atoms with Crippen molar-refractivity contribution in [1.29, 1.82) is 0 Å². The van der Waals surface area contributed by atoms with Gasteiger partial charge in [0.25, 0.3) is 0 Å². The fraction of sp³-hybridized carbons (Fsp3) is 0.333. The smallest absolute Gasteiger partial charge is 0.138 e. The van der Waals surface area contributed by atoms with Crippen molar-refractivity contribution in [3.63, 3.8) is 0 Å². The maximum atomic E-state index is 6.63. The van der Waals surface area contributed by atoms with E-state index in [0.29, 0.717) is 17.8 Å². The molecular weight excluding hydrogens is 476 g/mol. The molecule has 1 unspecified atom stereocenters. The Hall–Kier alpha value is -3.72. The van der Waals surface area contributed by atoms with Crippen LogP contribution in [0.2, 0.25) is 0 Å². The predicted octanol–water partition coefficient (Wildman–Crippen LogP) is 9.86. The fourth-order valence-electron chi connectivity index (χ4n) is 6.37. The Labute approximate surface area is 232 Å². The zero-order chi connectivity index (χ0) is 27.6. The molecule has 0 N–H and O–H groups in total. The Morgan fingerprint density at radius 1 is 0.718 bits per heavy atom. The summed E-state index contributed by atoms with van der Waals surface area (Å²) in [7, 11) is 0. The van der Waals surface area contributed by atoms with Crippen molar-refractivity contribution in [3.05, 3.63) is 93.8 Å². The zero-order valence-corrected chi connectivity index (χ0v) is 24.4. The van der Waals surface area contributed by atoms with Crippen LogP contribution in [0.25, 0.3) is 32.9 Å². The molecule has 1 aliphatic carbocycles. The van der Waals surface area contributed by atoms with Crippen molar-refractivity contribution < 1.29 is 4.74 Å². The summed E-state index contributed by atoms with van der Waals surface area (Å²) in [6.07, 6.45) is -0.0598. The van der Waals surface area contributed by atoms with Gasteiger partial charge >= 0.3 is 0 Å². The minimum atomic E-state index is -0.0598. The third kappa shape index (κ3) is 3.93. The van der Waals surface area contributed by atoms with E-state index in [2.05, 4.69) is 116 Å². The molecule has 0 aromatic heterocycles. The van der Waals surface area contributed by atoms with E-state index in [1.165, 1.54) is 33.2 Å². The summed E-state index contributed by atoms with van der Waals surface area (Å²) < 4.78 is 6.63. The molecule has 3 aromatic carbocycles. The van der Waals surface area contributed by atoms with E-state index >= 15 is 0 Å². The summed E-state index contributed by atoms with van der Waals surface area (Å²) in [5.41, 5.74) is 10.5. The van der Waals surface area contributed by atoms with Crippen LogP contribution in [0, 0.1) is 6.92 Å². The third-order valence-electron chi connectivity index (χ3n) is 8.37. The van der Waals surface area contributed by atoms with Crippen LogP contribution < -0.4 is 10.1 Å². The van der Waals surface area contributed by atoms with Crippen LogP contribution >= 0.6 is 0 Å². The largest absolute Gasteiger partial charge is 0.485 e. The van der Waals surface area contributed by atoms with Crippen LogP contribution in [-0.2, 0) is 0 Å². The molecule has 2 heterocycles. The molecule has 3 heteroatoms. The van der Waals surface area contributed by atoms with Crippen molar-refractivity contribution in [3.8, 4) is 17.0 Å². The van der Waals surface area contributed by atoms with Gasteiger partial charge in [0.05, 0.1) is 22.1 Å². The lowest BCUT2D eigenvalue weighted by Gasteiger charge is -2.17. The van der Waals surface area contributed by atoms with E-state index in [1.807, 2.05) is 0 Å². The van der Waals surface area contributed by atoms with Gasteiger partial charge in [-0.15, -0.1) is 0 Å². The Bertz CT molecular complexity index is 1770. The lowest BCUT2D eigenvalue weighted by molar-refractivity contribution is 0.248. The summed E-state index contributed by atoms with van der Waals surface area (Å²) in [5.74, 6) is 2.00. The highest BCUT2D eigenvalue weighted by Crippen LogP contribution is 2.49. The fourth-order valence-corrected chi connectivity index (χ4v) is 6.37. The molecule has 198 valence electrons. The summed E-state index contributed by atoms with van der Waals surface area (Å²) in [4.78, 5) is 11.1. The average molecular weight is 515 g/mol.